The number of nitrogens with zero attached hydrogens (tertiary/aromatic N) is 2. The largest absolute Gasteiger partial charge is 0.355 e. The van der Waals surface area contributed by atoms with Crippen molar-refractivity contribution >= 4 is 50.7 Å². The highest BCUT2D eigenvalue weighted by atomic mass is 32.5. The Balaban J connectivity index is 2.09. The second kappa shape index (κ2) is 6.61. The van der Waals surface area contributed by atoms with Gasteiger partial charge in [0.25, 0.3) is 11.8 Å². The highest BCUT2D eigenvalue weighted by Gasteiger charge is 2.65. The number of anilines is 2. The molecule has 2 aromatic carbocycles. The molecule has 2 aromatic rings. The Morgan fingerprint density at radius 1 is 1.03 bits per heavy atom. The molecule has 0 atom stereocenters. The summed E-state index contributed by atoms with van der Waals surface area (Å²) in [5.74, 6) is -2.42. The van der Waals surface area contributed by atoms with Crippen molar-refractivity contribution in [1.29, 1.82) is 0 Å². The van der Waals surface area contributed by atoms with Gasteiger partial charge in [-0.05, 0) is 62.5 Å². The Labute approximate surface area is 184 Å². The Bertz CT molecular complexity index is 1170. The highest BCUT2D eigenvalue weighted by molar-refractivity contribution is 8.45. The summed E-state index contributed by atoms with van der Waals surface area (Å²) in [4.78, 5) is 24.4. The number of carbonyl (C=O) groups is 2. The van der Waals surface area contributed by atoms with E-state index in [1.54, 1.807) is 0 Å². The summed E-state index contributed by atoms with van der Waals surface area (Å²) in [6, 6.07) is 5.55. The van der Waals surface area contributed by atoms with E-state index in [1.165, 1.54) is 31.9 Å². The third-order valence-electron chi connectivity index (χ3n) is 4.87. The quantitative estimate of drug-likeness (QED) is 0.431. The smallest absolute Gasteiger partial charge is 0.310 e. The average molecular weight is 497 g/mol. The van der Waals surface area contributed by atoms with E-state index in [0.717, 1.165) is 24.3 Å². The molecule has 0 unspecified atom stereocenters. The monoisotopic (exact) mass is 497 g/mol. The van der Waals surface area contributed by atoms with Crippen LogP contribution in [0.2, 0.25) is 0 Å². The predicted molar refractivity (Wildman–Crippen MR) is 114 cm³/mol. The van der Waals surface area contributed by atoms with Gasteiger partial charge < -0.3 is 10.2 Å². The number of nitrogens with one attached hydrogen (secondary N) is 1. The van der Waals surface area contributed by atoms with E-state index in [4.69, 9.17) is 12.2 Å². The van der Waals surface area contributed by atoms with Crippen LogP contribution in [0.5, 0.6) is 0 Å². The molecule has 0 aliphatic carbocycles. The van der Waals surface area contributed by atoms with E-state index in [9.17, 15) is 33.4 Å². The van der Waals surface area contributed by atoms with Gasteiger partial charge in [0.2, 0.25) is 0 Å². The van der Waals surface area contributed by atoms with Crippen LogP contribution >= 0.6 is 22.4 Å². The summed E-state index contributed by atoms with van der Waals surface area (Å²) in [6.45, 7) is 2.78. The summed E-state index contributed by atoms with van der Waals surface area (Å²) >= 11 is 5.26. The van der Waals surface area contributed by atoms with Crippen LogP contribution in [0.15, 0.2) is 47.4 Å². The summed E-state index contributed by atoms with van der Waals surface area (Å²) in [5.41, 5.74) is -2.23. The van der Waals surface area contributed by atoms with E-state index in [1.807, 2.05) is 0 Å². The standard InChI is InChI=1S/C19H17F6N3O2S2/c1-19(2)17(30)27(11-5-4-6-13(9-11)32(21,22,23,24)25)18(31)28(19)12-7-8-14(15(20)10-12)16(29)26-3/h4-10H,1-3H3,(H,26,29). The van der Waals surface area contributed by atoms with Crippen molar-refractivity contribution in [3.05, 3.63) is 53.8 Å². The molecule has 2 amide bonds. The fourth-order valence-electron chi connectivity index (χ4n) is 3.28. The van der Waals surface area contributed by atoms with Gasteiger partial charge in [-0.2, -0.15) is 0 Å². The van der Waals surface area contributed by atoms with Gasteiger partial charge in [0, 0.05) is 12.7 Å². The zero-order valence-corrected chi connectivity index (χ0v) is 18.5. The molecular weight excluding hydrogens is 480 g/mol. The lowest BCUT2D eigenvalue weighted by Gasteiger charge is -2.40. The van der Waals surface area contributed by atoms with Crippen LogP contribution in [0.3, 0.4) is 0 Å². The minimum atomic E-state index is -10.0. The summed E-state index contributed by atoms with van der Waals surface area (Å²) < 4.78 is 80.8. The Morgan fingerprint density at radius 3 is 2.19 bits per heavy atom. The second-order valence-corrected chi connectivity index (χ2v) is 10.3. The number of carbonyl (C=O) groups excluding carboxylic acids is 2. The molecule has 13 heteroatoms. The van der Waals surface area contributed by atoms with Crippen LogP contribution in [-0.2, 0) is 4.79 Å². The van der Waals surface area contributed by atoms with Crippen molar-refractivity contribution in [1.82, 2.24) is 5.32 Å². The van der Waals surface area contributed by atoms with Gasteiger partial charge in [0.1, 0.15) is 16.3 Å². The minimum absolute atomic E-state index is 0.0462. The Hall–Kier alpha value is -2.80. The molecule has 174 valence electrons. The first kappa shape index (κ1) is 23.9. The molecule has 1 aliphatic rings. The maximum absolute atomic E-state index is 14.5. The maximum Gasteiger partial charge on any atom is 0.310 e. The second-order valence-electron chi connectivity index (χ2n) is 7.53. The first-order chi connectivity index (χ1) is 14.4. The van der Waals surface area contributed by atoms with E-state index < -0.39 is 44.0 Å². The normalized spacial score (nSPS) is 18.4. The highest BCUT2D eigenvalue weighted by Crippen LogP contribution is 3.02. The van der Waals surface area contributed by atoms with Gasteiger partial charge in [-0.1, -0.05) is 25.5 Å². The van der Waals surface area contributed by atoms with Crippen LogP contribution in [0.1, 0.15) is 24.2 Å². The third-order valence-corrected chi connectivity index (χ3v) is 6.38. The number of hydrogen-bond acceptors (Lipinski definition) is 3. The van der Waals surface area contributed by atoms with E-state index >= 15 is 0 Å². The number of hydrogen-bond donors (Lipinski definition) is 1. The van der Waals surface area contributed by atoms with Gasteiger partial charge in [-0.3, -0.25) is 14.5 Å². The minimum Gasteiger partial charge on any atom is -0.355 e. The fraction of sp³-hybridized carbons (Fsp3) is 0.211. The number of thiocarbonyl (C=S) groups is 1. The summed E-state index contributed by atoms with van der Waals surface area (Å²) in [7, 11) is -8.69. The van der Waals surface area contributed by atoms with Crippen LogP contribution in [0.25, 0.3) is 0 Å². The van der Waals surface area contributed by atoms with Gasteiger partial charge >= 0.3 is 10.2 Å². The molecule has 0 radical (unpaired) electrons. The molecule has 1 N–H and O–H groups in total. The van der Waals surface area contributed by atoms with Gasteiger partial charge in [0.05, 0.1) is 11.3 Å². The molecule has 1 saturated heterocycles. The van der Waals surface area contributed by atoms with Gasteiger partial charge in [0.15, 0.2) is 5.11 Å². The lowest BCUT2D eigenvalue weighted by Crippen LogP contribution is -2.44. The molecule has 0 spiro atoms. The van der Waals surface area contributed by atoms with Crippen LogP contribution in [-0.4, -0.2) is 29.5 Å². The fourth-order valence-corrected chi connectivity index (χ4v) is 4.48. The van der Waals surface area contributed by atoms with Crippen molar-refractivity contribution in [2.24, 2.45) is 0 Å². The topological polar surface area (TPSA) is 52.7 Å². The summed E-state index contributed by atoms with van der Waals surface area (Å²) in [6.07, 6.45) is 0. The van der Waals surface area contributed by atoms with Gasteiger partial charge in [-0.15, -0.1) is 0 Å². The van der Waals surface area contributed by atoms with Gasteiger partial charge in [-0.25, -0.2) is 4.39 Å². The maximum atomic E-state index is 14.5. The molecule has 1 fully saturated rings. The molecule has 0 aromatic heterocycles. The molecule has 3 rings (SSSR count). The molecule has 5 nitrogen and oxygen atoms in total. The zero-order valence-electron chi connectivity index (χ0n) is 16.8. The van der Waals surface area contributed by atoms with Crippen LogP contribution in [0.4, 0.5) is 35.2 Å². The number of halogens is 6. The molecule has 0 bridgehead atoms. The van der Waals surface area contributed by atoms with Crippen molar-refractivity contribution in [3.8, 4) is 0 Å². The van der Waals surface area contributed by atoms with Crippen molar-refractivity contribution in [2.75, 3.05) is 16.8 Å². The van der Waals surface area contributed by atoms with Crippen molar-refractivity contribution in [2.45, 2.75) is 24.3 Å². The molecule has 1 aliphatic heterocycles. The Kier molecular flexibility index (Phi) is 4.92. The number of benzene rings is 2. The summed E-state index contributed by atoms with van der Waals surface area (Å²) in [5, 5.41) is 1.92. The van der Waals surface area contributed by atoms with E-state index in [-0.39, 0.29) is 28.5 Å². The molecular formula is C19H17F6N3O2S2. The third kappa shape index (κ3) is 4.01. The Morgan fingerprint density at radius 2 is 1.66 bits per heavy atom. The van der Waals surface area contributed by atoms with Crippen molar-refractivity contribution < 1.29 is 33.4 Å². The van der Waals surface area contributed by atoms with E-state index in [0.29, 0.717) is 4.90 Å². The average Bonchev–Trinajstić information content (AvgIpc) is 2.83. The zero-order chi connectivity index (χ0) is 24.3. The first-order valence-electron chi connectivity index (χ1n) is 8.93. The van der Waals surface area contributed by atoms with Crippen LogP contribution in [0, 0.1) is 5.82 Å². The van der Waals surface area contributed by atoms with Crippen LogP contribution < -0.4 is 15.1 Å². The lowest BCUT2D eigenvalue weighted by molar-refractivity contribution is -0.120. The first-order valence-corrected chi connectivity index (χ1v) is 11.3. The number of rotatable bonds is 4. The van der Waals surface area contributed by atoms with Crippen molar-refractivity contribution in [3.63, 3.8) is 0 Å². The number of amides is 2. The molecule has 1 heterocycles. The SMILES string of the molecule is CNC(=O)c1ccc(N2C(=S)N(c3cccc(S(F)(F)(F)(F)F)c3)C(=O)C2(C)C)cc1F. The molecule has 0 saturated carbocycles. The van der Waals surface area contributed by atoms with E-state index in [2.05, 4.69) is 5.32 Å². The molecule has 32 heavy (non-hydrogen) atoms. The lowest BCUT2D eigenvalue weighted by atomic mass is 10.0. The predicted octanol–water partition coefficient (Wildman–Crippen LogP) is 5.76.